The Kier molecular flexibility index (Phi) is 2.78. The van der Waals surface area contributed by atoms with E-state index in [1.165, 1.54) is 0 Å². The summed E-state index contributed by atoms with van der Waals surface area (Å²) in [5, 5.41) is 2.86. The maximum Gasteiger partial charge on any atom is 0.246 e. The van der Waals surface area contributed by atoms with Crippen molar-refractivity contribution in [3.8, 4) is 0 Å². The molecule has 1 amide bonds. The van der Waals surface area contributed by atoms with E-state index in [4.69, 9.17) is 10.5 Å². The number of carbonyl (C=O) groups is 1. The quantitative estimate of drug-likeness (QED) is 0.707. The van der Waals surface area contributed by atoms with Gasteiger partial charge in [-0.1, -0.05) is 0 Å². The molecule has 0 aromatic carbocycles. The average molecular weight is 263 g/mol. The number of hydrogen-bond acceptors (Lipinski definition) is 6. The van der Waals surface area contributed by atoms with Gasteiger partial charge >= 0.3 is 0 Å². The number of nitrogens with two attached hydrogens (primary N) is 1. The van der Waals surface area contributed by atoms with E-state index in [0.717, 1.165) is 18.8 Å². The zero-order chi connectivity index (χ0) is 13.5. The molecule has 7 nitrogen and oxygen atoms in total. The third-order valence-corrected chi connectivity index (χ3v) is 3.60. The van der Waals surface area contributed by atoms with Gasteiger partial charge in [0.1, 0.15) is 29.7 Å². The van der Waals surface area contributed by atoms with Gasteiger partial charge in [-0.05, 0) is 13.3 Å². The van der Waals surface area contributed by atoms with Crippen LogP contribution in [0.1, 0.15) is 12.2 Å². The van der Waals surface area contributed by atoms with E-state index in [1.807, 2.05) is 6.92 Å². The van der Waals surface area contributed by atoms with Gasteiger partial charge in [-0.3, -0.25) is 4.79 Å². The van der Waals surface area contributed by atoms with Crippen LogP contribution in [0.5, 0.6) is 0 Å². The molecule has 2 aliphatic rings. The molecule has 102 valence electrons. The molecule has 2 aliphatic heterocycles. The van der Waals surface area contributed by atoms with Crippen molar-refractivity contribution in [2.75, 3.05) is 36.9 Å². The SMILES string of the molecule is Cc1nc(N)cc(N2CCC3(CNC(=O)CO3)C2)n1. The molecule has 1 unspecified atom stereocenters. The molecule has 2 fully saturated rings. The molecule has 0 saturated carbocycles. The highest BCUT2D eigenvalue weighted by molar-refractivity contribution is 5.78. The van der Waals surface area contributed by atoms with Crippen LogP contribution >= 0.6 is 0 Å². The third kappa shape index (κ3) is 2.33. The molecule has 1 spiro atoms. The molecule has 0 radical (unpaired) electrons. The van der Waals surface area contributed by atoms with Crippen molar-refractivity contribution < 1.29 is 9.53 Å². The van der Waals surface area contributed by atoms with Crippen LogP contribution in [0.15, 0.2) is 6.07 Å². The summed E-state index contributed by atoms with van der Waals surface area (Å²) in [4.78, 5) is 21.8. The zero-order valence-corrected chi connectivity index (χ0v) is 10.8. The van der Waals surface area contributed by atoms with Crippen molar-refractivity contribution in [1.29, 1.82) is 0 Å². The van der Waals surface area contributed by atoms with E-state index in [-0.39, 0.29) is 18.1 Å². The number of nitrogen functional groups attached to an aromatic ring is 1. The van der Waals surface area contributed by atoms with Crippen molar-refractivity contribution in [1.82, 2.24) is 15.3 Å². The highest BCUT2D eigenvalue weighted by atomic mass is 16.5. The topological polar surface area (TPSA) is 93.4 Å². The molecule has 7 heteroatoms. The molecular weight excluding hydrogens is 246 g/mol. The summed E-state index contributed by atoms with van der Waals surface area (Å²) in [7, 11) is 0. The first-order valence-corrected chi connectivity index (χ1v) is 6.33. The van der Waals surface area contributed by atoms with Crippen LogP contribution in [-0.4, -0.2) is 47.7 Å². The lowest BCUT2D eigenvalue weighted by molar-refractivity contribution is -0.141. The van der Waals surface area contributed by atoms with E-state index in [1.54, 1.807) is 6.07 Å². The van der Waals surface area contributed by atoms with Crippen LogP contribution in [0, 0.1) is 6.92 Å². The van der Waals surface area contributed by atoms with Crippen molar-refractivity contribution in [2.24, 2.45) is 0 Å². The summed E-state index contributed by atoms with van der Waals surface area (Å²) in [6, 6.07) is 1.77. The standard InChI is InChI=1S/C12H17N5O2/c1-8-15-9(13)4-10(16-8)17-3-2-12(7-17)6-14-11(18)5-19-12/h4H,2-3,5-7H2,1H3,(H,14,18)(H2,13,15,16). The minimum Gasteiger partial charge on any atom is -0.384 e. The zero-order valence-electron chi connectivity index (χ0n) is 10.8. The highest BCUT2D eigenvalue weighted by Crippen LogP contribution is 2.30. The molecule has 0 aliphatic carbocycles. The fourth-order valence-corrected chi connectivity index (χ4v) is 2.62. The number of amides is 1. The van der Waals surface area contributed by atoms with E-state index in [0.29, 0.717) is 24.7 Å². The van der Waals surface area contributed by atoms with Crippen LogP contribution in [-0.2, 0) is 9.53 Å². The second-order valence-electron chi connectivity index (χ2n) is 5.12. The Hall–Kier alpha value is -1.89. The Morgan fingerprint density at radius 2 is 2.37 bits per heavy atom. The number of ether oxygens (including phenoxy) is 1. The Labute approximate surface area is 111 Å². The largest absolute Gasteiger partial charge is 0.384 e. The summed E-state index contributed by atoms with van der Waals surface area (Å²) < 4.78 is 5.72. The Morgan fingerprint density at radius 1 is 1.53 bits per heavy atom. The summed E-state index contributed by atoms with van der Waals surface area (Å²) >= 11 is 0. The van der Waals surface area contributed by atoms with Crippen LogP contribution in [0.25, 0.3) is 0 Å². The van der Waals surface area contributed by atoms with Crippen molar-refractivity contribution in [2.45, 2.75) is 18.9 Å². The second-order valence-corrected chi connectivity index (χ2v) is 5.12. The van der Waals surface area contributed by atoms with Gasteiger partial charge in [0.25, 0.3) is 0 Å². The number of nitrogens with zero attached hydrogens (tertiary/aromatic N) is 3. The molecule has 1 aromatic heterocycles. The minimum atomic E-state index is -0.290. The predicted molar refractivity (Wildman–Crippen MR) is 69.7 cm³/mol. The number of carbonyl (C=O) groups excluding carboxylic acids is 1. The molecule has 3 rings (SSSR count). The van der Waals surface area contributed by atoms with Gasteiger partial charge in [0.05, 0.1) is 6.54 Å². The monoisotopic (exact) mass is 263 g/mol. The van der Waals surface area contributed by atoms with Crippen LogP contribution in [0.3, 0.4) is 0 Å². The summed E-state index contributed by atoms with van der Waals surface area (Å²) in [5.41, 5.74) is 5.46. The van der Waals surface area contributed by atoms with Crippen molar-refractivity contribution in [3.63, 3.8) is 0 Å². The van der Waals surface area contributed by atoms with Gasteiger partial charge in [-0.2, -0.15) is 0 Å². The summed E-state index contributed by atoms with van der Waals surface area (Å²) in [6.07, 6.45) is 0.871. The maximum atomic E-state index is 11.2. The van der Waals surface area contributed by atoms with E-state index in [9.17, 15) is 4.79 Å². The fraction of sp³-hybridized carbons (Fsp3) is 0.583. The number of morpholine rings is 1. The lowest BCUT2D eigenvalue weighted by Crippen LogP contribution is -2.53. The van der Waals surface area contributed by atoms with Gasteiger partial charge in [0.2, 0.25) is 5.91 Å². The number of rotatable bonds is 1. The van der Waals surface area contributed by atoms with Crippen molar-refractivity contribution in [3.05, 3.63) is 11.9 Å². The predicted octanol–water partition coefficient (Wildman–Crippen LogP) is -0.537. The second kappa shape index (κ2) is 4.34. The molecule has 3 heterocycles. The summed E-state index contributed by atoms with van der Waals surface area (Å²) in [6.45, 7) is 4.07. The van der Waals surface area contributed by atoms with Crippen LogP contribution < -0.4 is 16.0 Å². The first-order chi connectivity index (χ1) is 9.06. The Bertz CT molecular complexity index is 489. The molecule has 19 heavy (non-hydrogen) atoms. The Morgan fingerprint density at radius 3 is 3.05 bits per heavy atom. The van der Waals surface area contributed by atoms with E-state index in [2.05, 4.69) is 20.2 Å². The normalized spacial score (nSPS) is 26.8. The lowest BCUT2D eigenvalue weighted by Gasteiger charge is -2.33. The number of hydrogen-bond donors (Lipinski definition) is 2. The molecule has 3 N–H and O–H groups in total. The molecule has 2 saturated heterocycles. The van der Waals surface area contributed by atoms with Crippen LogP contribution in [0.4, 0.5) is 11.6 Å². The fourth-order valence-electron chi connectivity index (χ4n) is 2.62. The van der Waals surface area contributed by atoms with Gasteiger partial charge in [-0.25, -0.2) is 9.97 Å². The minimum absolute atomic E-state index is 0.0498. The lowest BCUT2D eigenvalue weighted by atomic mass is 10.0. The van der Waals surface area contributed by atoms with Gasteiger partial charge in [0.15, 0.2) is 0 Å². The summed E-state index contributed by atoms with van der Waals surface area (Å²) in [5.74, 6) is 1.91. The number of aryl methyl sites for hydroxylation is 1. The van der Waals surface area contributed by atoms with Crippen LogP contribution in [0.2, 0.25) is 0 Å². The smallest absolute Gasteiger partial charge is 0.246 e. The number of nitrogens with one attached hydrogen (secondary N) is 1. The number of anilines is 2. The molecule has 0 bridgehead atoms. The number of aromatic nitrogens is 2. The average Bonchev–Trinajstić information content (AvgIpc) is 2.77. The molecule has 1 aromatic rings. The highest BCUT2D eigenvalue weighted by Gasteiger charge is 2.42. The molecular formula is C12H17N5O2. The first kappa shape index (κ1) is 12.2. The van der Waals surface area contributed by atoms with E-state index < -0.39 is 0 Å². The molecule has 1 atom stereocenters. The Balaban J connectivity index is 1.76. The van der Waals surface area contributed by atoms with Gasteiger partial charge < -0.3 is 20.7 Å². The van der Waals surface area contributed by atoms with Crippen molar-refractivity contribution >= 4 is 17.5 Å². The van der Waals surface area contributed by atoms with Gasteiger partial charge in [-0.15, -0.1) is 0 Å². The first-order valence-electron chi connectivity index (χ1n) is 6.33. The third-order valence-electron chi connectivity index (χ3n) is 3.60. The maximum absolute atomic E-state index is 11.2. The van der Waals surface area contributed by atoms with E-state index >= 15 is 0 Å². The van der Waals surface area contributed by atoms with Gasteiger partial charge in [0, 0.05) is 19.2 Å².